The lowest BCUT2D eigenvalue weighted by Gasteiger charge is -2.28. The second kappa shape index (κ2) is 9.50. The second-order valence-corrected chi connectivity index (χ2v) is 10.1. The van der Waals surface area contributed by atoms with Crippen molar-refractivity contribution >= 4 is 39.1 Å². The van der Waals surface area contributed by atoms with Crippen LogP contribution in [0.4, 0.5) is 11.4 Å². The van der Waals surface area contributed by atoms with E-state index in [9.17, 15) is 13.2 Å². The molecule has 1 N–H and O–H groups in total. The number of morpholine rings is 1. The van der Waals surface area contributed by atoms with E-state index in [1.165, 1.54) is 17.8 Å². The van der Waals surface area contributed by atoms with Gasteiger partial charge in [0, 0.05) is 42.4 Å². The van der Waals surface area contributed by atoms with Gasteiger partial charge in [-0.25, -0.2) is 8.42 Å². The van der Waals surface area contributed by atoms with Crippen molar-refractivity contribution in [2.75, 3.05) is 55.3 Å². The molecule has 0 spiro atoms. The Morgan fingerprint density at radius 2 is 1.68 bits per heavy atom. The van der Waals surface area contributed by atoms with Gasteiger partial charge in [-0.05, 0) is 61.6 Å². The first-order chi connectivity index (χ1) is 15.0. The standard InChI is InChI=1S/C22H27N3O4S2/c1-30-21-9-8-19(16-20(21)22(26)25-10-2-3-11-25)31(27,28)23-17-4-6-18(7-5-17)24-12-14-29-15-13-24/h4-9,16,23H,2-3,10-15H2,1H3. The van der Waals surface area contributed by atoms with Crippen LogP contribution in [0.1, 0.15) is 23.2 Å². The van der Waals surface area contributed by atoms with Gasteiger partial charge in [-0.1, -0.05) is 0 Å². The van der Waals surface area contributed by atoms with Crippen LogP contribution in [0.2, 0.25) is 0 Å². The van der Waals surface area contributed by atoms with Crippen LogP contribution in [0.15, 0.2) is 52.3 Å². The predicted molar refractivity (Wildman–Crippen MR) is 124 cm³/mol. The third-order valence-corrected chi connectivity index (χ3v) is 7.78. The fraction of sp³-hybridized carbons (Fsp3) is 0.409. The van der Waals surface area contributed by atoms with E-state index in [0.29, 0.717) is 24.5 Å². The number of amides is 1. The van der Waals surface area contributed by atoms with Gasteiger partial charge in [-0.3, -0.25) is 9.52 Å². The van der Waals surface area contributed by atoms with E-state index in [1.54, 1.807) is 29.2 Å². The summed E-state index contributed by atoms with van der Waals surface area (Å²) in [5.74, 6) is -0.103. The maximum atomic E-state index is 13.0. The van der Waals surface area contributed by atoms with Crippen molar-refractivity contribution in [1.29, 1.82) is 0 Å². The van der Waals surface area contributed by atoms with Gasteiger partial charge in [0.05, 0.1) is 23.7 Å². The SMILES string of the molecule is CSc1ccc(S(=O)(=O)Nc2ccc(N3CCOCC3)cc2)cc1C(=O)N1CCCC1. The molecule has 0 radical (unpaired) electrons. The van der Waals surface area contributed by atoms with E-state index in [1.807, 2.05) is 18.4 Å². The smallest absolute Gasteiger partial charge is 0.261 e. The maximum Gasteiger partial charge on any atom is 0.261 e. The van der Waals surface area contributed by atoms with Crippen molar-refractivity contribution < 1.29 is 17.9 Å². The van der Waals surface area contributed by atoms with Crippen molar-refractivity contribution in [2.45, 2.75) is 22.6 Å². The summed E-state index contributed by atoms with van der Waals surface area (Å²) in [5, 5.41) is 0. The monoisotopic (exact) mass is 461 g/mol. The van der Waals surface area contributed by atoms with Gasteiger partial charge in [0.2, 0.25) is 0 Å². The number of likely N-dealkylation sites (tertiary alicyclic amines) is 1. The van der Waals surface area contributed by atoms with E-state index in [4.69, 9.17) is 4.74 Å². The molecule has 2 aromatic rings. The average Bonchev–Trinajstić information content (AvgIpc) is 3.34. The number of hydrogen-bond acceptors (Lipinski definition) is 6. The second-order valence-electron chi connectivity index (χ2n) is 7.61. The van der Waals surface area contributed by atoms with Crippen LogP contribution in [-0.2, 0) is 14.8 Å². The minimum atomic E-state index is -3.82. The number of sulfonamides is 1. The summed E-state index contributed by atoms with van der Waals surface area (Å²) in [6, 6.07) is 12.1. The number of benzene rings is 2. The predicted octanol–water partition coefficient (Wildman–Crippen LogP) is 3.28. The average molecular weight is 462 g/mol. The van der Waals surface area contributed by atoms with E-state index < -0.39 is 10.0 Å². The topological polar surface area (TPSA) is 79.0 Å². The summed E-state index contributed by atoms with van der Waals surface area (Å²) in [5.41, 5.74) is 1.97. The van der Waals surface area contributed by atoms with Gasteiger partial charge < -0.3 is 14.5 Å². The molecule has 2 aromatic carbocycles. The molecule has 2 saturated heterocycles. The Morgan fingerprint density at radius 1 is 1.00 bits per heavy atom. The summed E-state index contributed by atoms with van der Waals surface area (Å²) in [4.78, 5) is 17.8. The van der Waals surface area contributed by atoms with Crippen molar-refractivity contribution in [1.82, 2.24) is 4.90 Å². The number of nitrogens with one attached hydrogen (secondary N) is 1. The van der Waals surface area contributed by atoms with Gasteiger partial charge in [0.15, 0.2) is 0 Å². The first-order valence-corrected chi connectivity index (χ1v) is 13.1. The zero-order chi connectivity index (χ0) is 21.8. The minimum Gasteiger partial charge on any atom is -0.378 e. The molecular formula is C22H27N3O4S2. The Bertz CT molecular complexity index is 1030. The van der Waals surface area contributed by atoms with Crippen molar-refractivity contribution in [3.8, 4) is 0 Å². The van der Waals surface area contributed by atoms with E-state index in [2.05, 4.69) is 9.62 Å². The third-order valence-electron chi connectivity index (χ3n) is 5.60. The molecule has 166 valence electrons. The fourth-order valence-electron chi connectivity index (χ4n) is 3.89. The quantitative estimate of drug-likeness (QED) is 0.665. The Balaban J connectivity index is 1.54. The molecule has 1 amide bonds. The van der Waals surface area contributed by atoms with E-state index in [-0.39, 0.29) is 10.8 Å². The van der Waals surface area contributed by atoms with Crippen LogP contribution in [0.25, 0.3) is 0 Å². The highest BCUT2D eigenvalue weighted by Crippen LogP contribution is 2.28. The van der Waals surface area contributed by atoms with E-state index >= 15 is 0 Å². The number of rotatable bonds is 6. The Kier molecular flexibility index (Phi) is 6.74. The molecule has 4 rings (SSSR count). The molecule has 2 heterocycles. The van der Waals surface area contributed by atoms with Crippen LogP contribution < -0.4 is 9.62 Å². The summed E-state index contributed by atoms with van der Waals surface area (Å²) in [6.45, 7) is 4.47. The highest BCUT2D eigenvalue weighted by Gasteiger charge is 2.24. The lowest BCUT2D eigenvalue weighted by Crippen LogP contribution is -2.36. The fourth-order valence-corrected chi connectivity index (χ4v) is 5.54. The van der Waals surface area contributed by atoms with Gasteiger partial charge >= 0.3 is 0 Å². The van der Waals surface area contributed by atoms with E-state index in [0.717, 1.165) is 49.6 Å². The highest BCUT2D eigenvalue weighted by molar-refractivity contribution is 7.98. The van der Waals surface area contributed by atoms with Crippen molar-refractivity contribution in [2.24, 2.45) is 0 Å². The number of carbonyl (C=O) groups is 1. The molecule has 0 aromatic heterocycles. The molecule has 2 fully saturated rings. The first-order valence-electron chi connectivity index (χ1n) is 10.4. The zero-order valence-electron chi connectivity index (χ0n) is 17.5. The van der Waals surface area contributed by atoms with Gasteiger partial charge in [-0.15, -0.1) is 11.8 Å². The summed E-state index contributed by atoms with van der Waals surface area (Å²) in [7, 11) is -3.82. The summed E-state index contributed by atoms with van der Waals surface area (Å²) < 4.78 is 34.0. The number of hydrogen-bond donors (Lipinski definition) is 1. The lowest BCUT2D eigenvalue weighted by molar-refractivity contribution is 0.0789. The third kappa shape index (κ3) is 4.99. The van der Waals surface area contributed by atoms with Crippen molar-refractivity contribution in [3.63, 3.8) is 0 Å². The van der Waals surface area contributed by atoms with Crippen LogP contribution in [-0.4, -0.2) is 64.9 Å². The van der Waals surface area contributed by atoms with Crippen LogP contribution >= 0.6 is 11.8 Å². The molecule has 31 heavy (non-hydrogen) atoms. The Hall–Kier alpha value is -2.23. The largest absolute Gasteiger partial charge is 0.378 e. The van der Waals surface area contributed by atoms with Crippen molar-refractivity contribution in [3.05, 3.63) is 48.0 Å². The molecule has 0 atom stereocenters. The molecule has 2 aliphatic heterocycles. The van der Waals surface area contributed by atoms with Crippen LogP contribution in [0.3, 0.4) is 0 Å². The van der Waals surface area contributed by atoms with Gasteiger partial charge in [-0.2, -0.15) is 0 Å². The van der Waals surface area contributed by atoms with Gasteiger partial charge in [0.25, 0.3) is 15.9 Å². The lowest BCUT2D eigenvalue weighted by atomic mass is 10.2. The molecule has 2 aliphatic rings. The minimum absolute atomic E-state index is 0.0881. The van der Waals surface area contributed by atoms with Gasteiger partial charge in [0.1, 0.15) is 0 Å². The Morgan fingerprint density at radius 3 is 2.32 bits per heavy atom. The molecule has 0 aliphatic carbocycles. The highest BCUT2D eigenvalue weighted by atomic mass is 32.2. The van der Waals surface area contributed by atoms with Crippen LogP contribution in [0, 0.1) is 0 Å². The summed E-state index contributed by atoms with van der Waals surface area (Å²) >= 11 is 1.44. The molecule has 7 nitrogen and oxygen atoms in total. The maximum absolute atomic E-state index is 13.0. The number of nitrogens with zero attached hydrogens (tertiary/aromatic N) is 2. The summed E-state index contributed by atoms with van der Waals surface area (Å²) in [6.07, 6.45) is 3.86. The molecule has 0 saturated carbocycles. The number of thioether (sulfide) groups is 1. The normalized spacial score (nSPS) is 17.1. The zero-order valence-corrected chi connectivity index (χ0v) is 19.2. The molecule has 0 bridgehead atoms. The molecule has 0 unspecified atom stereocenters. The number of carbonyl (C=O) groups excluding carboxylic acids is 1. The number of anilines is 2. The molecular weight excluding hydrogens is 434 g/mol. The first kappa shape index (κ1) is 22.0. The number of ether oxygens (including phenoxy) is 1. The van der Waals surface area contributed by atoms with Crippen LogP contribution in [0.5, 0.6) is 0 Å². The molecule has 9 heteroatoms. The Labute approximate surface area is 187 Å².